The second-order valence-corrected chi connectivity index (χ2v) is 8.44. The second-order valence-electron chi connectivity index (χ2n) is 7.52. The molecule has 1 unspecified atom stereocenters. The molecule has 2 aromatic carbocycles. The highest BCUT2D eigenvalue weighted by atomic mass is 79.9. The normalized spacial score (nSPS) is 16.9. The molecule has 0 radical (unpaired) electrons. The van der Waals surface area contributed by atoms with Gasteiger partial charge in [0.1, 0.15) is 18.5 Å². The van der Waals surface area contributed by atoms with E-state index in [1.165, 1.54) is 18.5 Å². The molecule has 7 nitrogen and oxygen atoms in total. The number of carbonyl (C=O) groups excluding carboxylic acids is 2. The zero-order chi connectivity index (χ0) is 22.0. The number of nitrogens with one attached hydrogen (secondary N) is 1. The van der Waals surface area contributed by atoms with Crippen molar-refractivity contribution >= 4 is 27.7 Å². The molecule has 1 N–H and O–H groups in total. The predicted molar refractivity (Wildman–Crippen MR) is 116 cm³/mol. The van der Waals surface area contributed by atoms with E-state index in [0.717, 1.165) is 10.0 Å². The summed E-state index contributed by atoms with van der Waals surface area (Å²) in [6, 6.07) is 11.2. The van der Waals surface area contributed by atoms with E-state index >= 15 is 0 Å². The highest BCUT2D eigenvalue weighted by Gasteiger charge is 2.30. The zero-order valence-electron chi connectivity index (χ0n) is 16.8. The molecule has 3 aromatic rings. The Kier molecular flexibility index (Phi) is 6.13. The molecule has 0 aliphatic carbocycles. The number of amides is 2. The van der Waals surface area contributed by atoms with E-state index in [0.29, 0.717) is 30.8 Å². The maximum atomic E-state index is 13.2. The molecule has 2 heterocycles. The van der Waals surface area contributed by atoms with Crippen LogP contribution in [0.3, 0.4) is 0 Å². The van der Waals surface area contributed by atoms with E-state index < -0.39 is 5.92 Å². The van der Waals surface area contributed by atoms with Gasteiger partial charge in [-0.05, 0) is 49.2 Å². The van der Waals surface area contributed by atoms with Gasteiger partial charge in [0.15, 0.2) is 0 Å². The average Bonchev–Trinajstić information content (AvgIpc) is 3.46. The first-order chi connectivity index (χ1) is 14.9. The number of hydrogen-bond donors (Lipinski definition) is 1. The number of rotatable bonds is 5. The van der Waals surface area contributed by atoms with Crippen molar-refractivity contribution in [2.45, 2.75) is 25.3 Å². The predicted octanol–water partition coefficient (Wildman–Crippen LogP) is 3.30. The molecule has 0 saturated carbocycles. The van der Waals surface area contributed by atoms with Crippen molar-refractivity contribution in [2.24, 2.45) is 0 Å². The summed E-state index contributed by atoms with van der Waals surface area (Å²) in [6.07, 6.45) is 3.63. The van der Waals surface area contributed by atoms with Gasteiger partial charge >= 0.3 is 0 Å². The van der Waals surface area contributed by atoms with Crippen LogP contribution in [-0.4, -0.2) is 50.6 Å². The molecule has 9 heteroatoms. The molecular weight excluding hydrogens is 465 g/mol. The second kappa shape index (κ2) is 8.97. The minimum absolute atomic E-state index is 0.124. The number of likely N-dealkylation sites (tertiary alicyclic amines) is 1. The molecule has 1 aliphatic rings. The van der Waals surface area contributed by atoms with Crippen molar-refractivity contribution in [3.63, 3.8) is 0 Å². The fourth-order valence-corrected chi connectivity index (χ4v) is 4.02. The Balaban J connectivity index is 1.43. The standard InChI is InChI=1S/C22H21BrFN5O2/c1-14(15-2-5-17(24)6-3-15)21(30)27-18-8-9-28(11-18)22(31)19-7-4-16(23)10-20(19)29-13-25-12-26-29/h2-7,10,12-14,18H,8-9,11H2,1H3,(H,27,30)/t14?,18-/m1/s1. The number of hydrogen-bond acceptors (Lipinski definition) is 4. The van der Waals surface area contributed by atoms with Crippen LogP contribution in [0.1, 0.15) is 35.2 Å². The van der Waals surface area contributed by atoms with Gasteiger partial charge in [-0.2, -0.15) is 5.10 Å². The summed E-state index contributed by atoms with van der Waals surface area (Å²) in [5, 5.41) is 7.16. The molecule has 31 heavy (non-hydrogen) atoms. The number of benzene rings is 2. The Morgan fingerprint density at radius 3 is 2.71 bits per heavy atom. The van der Waals surface area contributed by atoms with Crippen molar-refractivity contribution in [3.05, 3.63) is 76.5 Å². The summed E-state index contributed by atoms with van der Waals surface area (Å²) in [6.45, 7) is 2.75. The third-order valence-corrected chi connectivity index (χ3v) is 5.93. The highest BCUT2D eigenvalue weighted by molar-refractivity contribution is 9.10. The van der Waals surface area contributed by atoms with Gasteiger partial charge in [0.05, 0.1) is 17.2 Å². The van der Waals surface area contributed by atoms with Gasteiger partial charge in [0.25, 0.3) is 5.91 Å². The molecule has 1 aliphatic heterocycles. The van der Waals surface area contributed by atoms with Crippen molar-refractivity contribution in [2.75, 3.05) is 13.1 Å². The first-order valence-corrected chi connectivity index (χ1v) is 10.7. The molecule has 1 aromatic heterocycles. The summed E-state index contributed by atoms with van der Waals surface area (Å²) in [5.74, 6) is -1.01. The molecule has 2 amide bonds. The molecule has 4 rings (SSSR count). The summed E-state index contributed by atoms with van der Waals surface area (Å²) in [4.78, 5) is 31.5. The molecule has 1 fully saturated rings. The minimum atomic E-state index is -0.407. The SMILES string of the molecule is CC(C(=O)N[C@@H]1CCN(C(=O)c2ccc(Br)cc2-n2cncn2)C1)c1ccc(F)cc1. The summed E-state index contributed by atoms with van der Waals surface area (Å²) in [5.41, 5.74) is 1.90. The van der Waals surface area contributed by atoms with E-state index in [1.807, 2.05) is 12.1 Å². The van der Waals surface area contributed by atoms with Crippen LogP contribution < -0.4 is 5.32 Å². The lowest BCUT2D eigenvalue weighted by atomic mass is 10.00. The number of aromatic nitrogens is 3. The maximum Gasteiger partial charge on any atom is 0.256 e. The fraction of sp³-hybridized carbons (Fsp3) is 0.273. The van der Waals surface area contributed by atoms with Gasteiger partial charge in [-0.3, -0.25) is 9.59 Å². The van der Waals surface area contributed by atoms with Crippen LogP contribution >= 0.6 is 15.9 Å². The van der Waals surface area contributed by atoms with Gasteiger partial charge < -0.3 is 10.2 Å². The van der Waals surface area contributed by atoms with E-state index in [1.54, 1.807) is 41.0 Å². The van der Waals surface area contributed by atoms with Crippen LogP contribution in [0.4, 0.5) is 4.39 Å². The van der Waals surface area contributed by atoms with E-state index in [2.05, 4.69) is 31.3 Å². The lowest BCUT2D eigenvalue weighted by molar-refractivity contribution is -0.122. The minimum Gasteiger partial charge on any atom is -0.351 e. The number of carbonyl (C=O) groups is 2. The molecule has 1 saturated heterocycles. The third kappa shape index (κ3) is 4.66. The van der Waals surface area contributed by atoms with E-state index in [4.69, 9.17) is 0 Å². The zero-order valence-corrected chi connectivity index (χ0v) is 18.4. The number of nitrogens with zero attached hydrogens (tertiary/aromatic N) is 4. The first-order valence-electron chi connectivity index (χ1n) is 9.92. The lowest BCUT2D eigenvalue weighted by Gasteiger charge is -2.20. The lowest BCUT2D eigenvalue weighted by Crippen LogP contribution is -2.40. The Morgan fingerprint density at radius 2 is 2.00 bits per heavy atom. The van der Waals surface area contributed by atoms with Gasteiger partial charge in [-0.25, -0.2) is 14.1 Å². The average molecular weight is 486 g/mol. The Bertz CT molecular complexity index is 1090. The summed E-state index contributed by atoms with van der Waals surface area (Å²) < 4.78 is 15.5. The van der Waals surface area contributed by atoms with Crippen LogP contribution in [0.5, 0.6) is 0 Å². The van der Waals surface area contributed by atoms with E-state index in [-0.39, 0.29) is 23.7 Å². The van der Waals surface area contributed by atoms with Crippen LogP contribution in [0.25, 0.3) is 5.69 Å². The molecule has 160 valence electrons. The third-order valence-electron chi connectivity index (χ3n) is 5.44. The van der Waals surface area contributed by atoms with Crippen LogP contribution in [0.2, 0.25) is 0 Å². The fourth-order valence-electron chi connectivity index (χ4n) is 3.67. The van der Waals surface area contributed by atoms with Gasteiger partial charge in [0.2, 0.25) is 5.91 Å². The first kappa shape index (κ1) is 21.2. The summed E-state index contributed by atoms with van der Waals surface area (Å²) >= 11 is 3.43. The van der Waals surface area contributed by atoms with Crippen molar-refractivity contribution in [1.82, 2.24) is 25.0 Å². The smallest absolute Gasteiger partial charge is 0.256 e. The van der Waals surface area contributed by atoms with Crippen molar-refractivity contribution < 1.29 is 14.0 Å². The Labute approximate surface area is 187 Å². The van der Waals surface area contributed by atoms with Crippen molar-refractivity contribution in [3.8, 4) is 5.69 Å². The summed E-state index contributed by atoms with van der Waals surface area (Å²) in [7, 11) is 0. The van der Waals surface area contributed by atoms with Crippen LogP contribution in [0, 0.1) is 5.82 Å². The molecule has 0 spiro atoms. The number of halogens is 2. The molecular formula is C22H21BrFN5O2. The van der Waals surface area contributed by atoms with Gasteiger partial charge in [-0.1, -0.05) is 28.1 Å². The van der Waals surface area contributed by atoms with Crippen molar-refractivity contribution in [1.29, 1.82) is 0 Å². The largest absolute Gasteiger partial charge is 0.351 e. The van der Waals surface area contributed by atoms with Crippen LogP contribution in [-0.2, 0) is 4.79 Å². The highest BCUT2D eigenvalue weighted by Crippen LogP contribution is 2.23. The topological polar surface area (TPSA) is 80.1 Å². The van der Waals surface area contributed by atoms with Gasteiger partial charge in [0, 0.05) is 23.6 Å². The molecule has 2 atom stereocenters. The quantitative estimate of drug-likeness (QED) is 0.601. The molecule has 0 bridgehead atoms. The monoisotopic (exact) mass is 485 g/mol. The Hall–Kier alpha value is -3.07. The van der Waals surface area contributed by atoms with Crippen LogP contribution in [0.15, 0.2) is 59.6 Å². The van der Waals surface area contributed by atoms with E-state index in [9.17, 15) is 14.0 Å². The maximum absolute atomic E-state index is 13.2. The van der Waals surface area contributed by atoms with Gasteiger partial charge in [-0.15, -0.1) is 0 Å². The Morgan fingerprint density at radius 1 is 1.23 bits per heavy atom.